The molecule has 0 aliphatic carbocycles. The predicted molar refractivity (Wildman–Crippen MR) is 137 cm³/mol. The molecule has 0 saturated carbocycles. The van der Waals surface area contributed by atoms with E-state index < -0.39 is 23.3 Å². The number of rotatable bonds is 8. The van der Waals surface area contributed by atoms with E-state index in [2.05, 4.69) is 4.99 Å². The summed E-state index contributed by atoms with van der Waals surface area (Å²) in [5, 5.41) is 0.834. The maximum absolute atomic E-state index is 13.5. The van der Waals surface area contributed by atoms with Crippen LogP contribution in [-0.4, -0.2) is 33.0 Å². The third-order valence-electron chi connectivity index (χ3n) is 5.18. The van der Waals surface area contributed by atoms with Gasteiger partial charge in [0.1, 0.15) is 5.75 Å². The SMILES string of the molecule is COC(=O)[C@@H](C)Cn1c(=O)n(N)c(=Nc2ccc(OC(C)C)c(Cl)c2)n(Cc2ccc(Cl)cc2)c1=O. The Kier molecular flexibility index (Phi) is 8.65. The van der Waals surface area contributed by atoms with Gasteiger partial charge in [-0.1, -0.05) is 42.3 Å². The second-order valence-corrected chi connectivity index (χ2v) is 9.22. The smallest absolute Gasteiger partial charge is 0.353 e. The van der Waals surface area contributed by atoms with E-state index in [1.54, 1.807) is 49.4 Å². The van der Waals surface area contributed by atoms with E-state index in [-0.39, 0.29) is 24.8 Å². The number of halogens is 2. The van der Waals surface area contributed by atoms with Crippen LogP contribution >= 0.6 is 23.2 Å². The van der Waals surface area contributed by atoms with Crippen molar-refractivity contribution in [2.24, 2.45) is 10.9 Å². The summed E-state index contributed by atoms with van der Waals surface area (Å²) >= 11 is 12.3. The lowest BCUT2D eigenvalue weighted by molar-refractivity contribution is -0.145. The summed E-state index contributed by atoms with van der Waals surface area (Å²) in [6.07, 6.45) is -0.0824. The molecule has 2 N–H and O–H groups in total. The van der Waals surface area contributed by atoms with Gasteiger partial charge in [-0.2, -0.15) is 4.68 Å². The van der Waals surface area contributed by atoms with Gasteiger partial charge in [-0.25, -0.2) is 19.1 Å². The van der Waals surface area contributed by atoms with E-state index in [0.717, 1.165) is 9.24 Å². The normalized spacial score (nSPS) is 12.6. The fourth-order valence-corrected chi connectivity index (χ4v) is 3.76. The second kappa shape index (κ2) is 11.5. The topological polar surface area (TPSA) is 123 Å². The molecule has 10 nitrogen and oxygen atoms in total. The minimum Gasteiger partial charge on any atom is -0.489 e. The van der Waals surface area contributed by atoms with E-state index in [1.165, 1.54) is 11.7 Å². The molecule has 0 unspecified atom stereocenters. The summed E-state index contributed by atoms with van der Waals surface area (Å²) in [5.74, 6) is 5.27. The van der Waals surface area contributed by atoms with Crippen molar-refractivity contribution >= 4 is 34.9 Å². The van der Waals surface area contributed by atoms with Gasteiger partial charge >= 0.3 is 17.3 Å². The van der Waals surface area contributed by atoms with E-state index in [4.69, 9.17) is 38.5 Å². The molecule has 1 atom stereocenters. The average molecular weight is 536 g/mol. The number of methoxy groups -OCH3 is 1. The standard InChI is InChI=1S/C24H27Cl2N5O5/c1-14(2)36-20-10-9-18(11-19(20)26)28-22-29(13-16-5-7-17(25)8-6-16)23(33)30(24(34)31(22)27)12-15(3)21(32)35-4/h5-11,14-15H,12-13,27H2,1-4H3/t15-/m0/s1. The Labute approximate surface area is 217 Å². The fraction of sp³-hybridized carbons (Fsp3) is 0.333. The maximum atomic E-state index is 13.5. The second-order valence-electron chi connectivity index (χ2n) is 8.38. The van der Waals surface area contributed by atoms with Crippen molar-refractivity contribution in [2.45, 2.75) is 40.0 Å². The number of aromatic nitrogens is 3. The summed E-state index contributed by atoms with van der Waals surface area (Å²) in [6, 6.07) is 11.6. The van der Waals surface area contributed by atoms with Crippen LogP contribution in [0.2, 0.25) is 10.0 Å². The molecular formula is C24H27Cl2N5O5. The molecule has 0 saturated heterocycles. The van der Waals surface area contributed by atoms with Crippen LogP contribution in [0.15, 0.2) is 57.0 Å². The molecule has 0 radical (unpaired) electrons. The van der Waals surface area contributed by atoms with Crippen molar-refractivity contribution in [3.63, 3.8) is 0 Å². The number of hydrogen-bond donors (Lipinski definition) is 1. The Morgan fingerprint density at radius 2 is 1.69 bits per heavy atom. The third-order valence-corrected chi connectivity index (χ3v) is 5.72. The summed E-state index contributed by atoms with van der Waals surface area (Å²) < 4.78 is 13.2. The summed E-state index contributed by atoms with van der Waals surface area (Å²) in [5.41, 5.74) is -0.595. The summed E-state index contributed by atoms with van der Waals surface area (Å²) in [6.45, 7) is 5.09. The zero-order chi connectivity index (χ0) is 26.6. The molecular weight excluding hydrogens is 509 g/mol. The highest BCUT2D eigenvalue weighted by atomic mass is 35.5. The van der Waals surface area contributed by atoms with Crippen molar-refractivity contribution < 1.29 is 14.3 Å². The molecule has 36 heavy (non-hydrogen) atoms. The van der Waals surface area contributed by atoms with Crippen molar-refractivity contribution in [3.8, 4) is 5.75 Å². The maximum Gasteiger partial charge on any atom is 0.353 e. The molecule has 12 heteroatoms. The zero-order valence-corrected chi connectivity index (χ0v) is 21.8. The first-order valence-electron chi connectivity index (χ1n) is 11.1. The number of carbonyl (C=O) groups is 1. The van der Waals surface area contributed by atoms with Crippen molar-refractivity contribution in [2.75, 3.05) is 13.0 Å². The molecule has 0 fully saturated rings. The van der Waals surface area contributed by atoms with Gasteiger partial charge < -0.3 is 15.3 Å². The Morgan fingerprint density at radius 1 is 1.03 bits per heavy atom. The molecule has 2 aromatic carbocycles. The number of hydrogen-bond acceptors (Lipinski definition) is 7. The molecule has 192 valence electrons. The number of nitrogen functional groups attached to an aromatic ring is 1. The highest BCUT2D eigenvalue weighted by Gasteiger charge is 2.20. The van der Waals surface area contributed by atoms with Crippen molar-refractivity contribution in [1.29, 1.82) is 0 Å². The highest BCUT2D eigenvalue weighted by molar-refractivity contribution is 6.32. The first kappa shape index (κ1) is 27.1. The van der Waals surface area contributed by atoms with Crippen LogP contribution in [0.1, 0.15) is 26.3 Å². The van der Waals surface area contributed by atoms with Crippen LogP contribution in [0.25, 0.3) is 0 Å². The number of benzene rings is 2. The molecule has 0 spiro atoms. The number of ether oxygens (including phenoxy) is 2. The van der Waals surface area contributed by atoms with Gasteiger partial charge in [0.15, 0.2) is 0 Å². The minimum atomic E-state index is -0.840. The van der Waals surface area contributed by atoms with Crippen molar-refractivity contribution in [3.05, 3.63) is 84.7 Å². The van der Waals surface area contributed by atoms with E-state index >= 15 is 0 Å². The molecule has 1 aromatic heterocycles. The monoisotopic (exact) mass is 535 g/mol. The predicted octanol–water partition coefficient (Wildman–Crippen LogP) is 2.71. The van der Waals surface area contributed by atoms with Crippen LogP contribution in [0, 0.1) is 5.92 Å². The number of nitrogens with zero attached hydrogens (tertiary/aromatic N) is 4. The van der Waals surface area contributed by atoms with Crippen LogP contribution in [-0.2, 0) is 22.6 Å². The van der Waals surface area contributed by atoms with Gasteiger partial charge in [0.2, 0.25) is 5.62 Å². The quantitative estimate of drug-likeness (QED) is 0.349. The Balaban J connectivity index is 2.22. The van der Waals surface area contributed by atoms with Crippen LogP contribution in [0.4, 0.5) is 5.69 Å². The lowest BCUT2D eigenvalue weighted by Crippen LogP contribution is -2.58. The van der Waals surface area contributed by atoms with Gasteiger partial charge in [0.25, 0.3) is 0 Å². The Hall–Kier alpha value is -3.50. The van der Waals surface area contributed by atoms with Gasteiger partial charge in [-0.3, -0.25) is 9.36 Å². The van der Waals surface area contributed by atoms with Crippen LogP contribution < -0.4 is 27.6 Å². The Morgan fingerprint density at radius 3 is 2.28 bits per heavy atom. The van der Waals surface area contributed by atoms with Gasteiger partial charge in [-0.15, -0.1) is 0 Å². The molecule has 0 aliphatic heterocycles. The summed E-state index contributed by atoms with van der Waals surface area (Å²) in [7, 11) is 1.23. The van der Waals surface area contributed by atoms with Crippen molar-refractivity contribution in [1.82, 2.24) is 13.8 Å². The molecule has 0 bridgehead atoms. The Bertz CT molecular complexity index is 1440. The van der Waals surface area contributed by atoms with Gasteiger partial charge in [-0.05, 0) is 49.7 Å². The van der Waals surface area contributed by atoms with Gasteiger partial charge in [0, 0.05) is 11.6 Å². The number of carbonyl (C=O) groups excluding carboxylic acids is 1. The lowest BCUT2D eigenvalue weighted by atomic mass is 10.2. The first-order chi connectivity index (χ1) is 17.0. The van der Waals surface area contributed by atoms with Crippen LogP contribution in [0.5, 0.6) is 5.75 Å². The fourth-order valence-electron chi connectivity index (χ4n) is 3.41. The lowest BCUT2D eigenvalue weighted by Gasteiger charge is -2.16. The molecule has 0 aliphatic rings. The first-order valence-corrected chi connectivity index (χ1v) is 11.8. The molecule has 3 rings (SSSR count). The molecule has 3 aromatic rings. The summed E-state index contributed by atoms with van der Waals surface area (Å²) in [4.78, 5) is 42.9. The van der Waals surface area contributed by atoms with E-state index in [9.17, 15) is 14.4 Å². The van der Waals surface area contributed by atoms with Gasteiger partial charge in [0.05, 0.1) is 36.4 Å². The number of esters is 1. The zero-order valence-electron chi connectivity index (χ0n) is 20.3. The molecule has 1 heterocycles. The third kappa shape index (κ3) is 6.19. The highest BCUT2D eigenvalue weighted by Crippen LogP contribution is 2.29. The average Bonchev–Trinajstić information content (AvgIpc) is 2.84. The largest absolute Gasteiger partial charge is 0.489 e. The van der Waals surface area contributed by atoms with E-state index in [0.29, 0.717) is 27.0 Å². The van der Waals surface area contributed by atoms with E-state index in [1.807, 2.05) is 13.8 Å². The minimum absolute atomic E-state index is 0.0290. The van der Waals surface area contributed by atoms with Crippen LogP contribution in [0.3, 0.4) is 0 Å². The molecule has 0 amide bonds. The number of nitrogens with two attached hydrogens (primary N) is 1.